The number of nitrogens with zero attached hydrogens (tertiary/aromatic N) is 1. The summed E-state index contributed by atoms with van der Waals surface area (Å²) in [7, 11) is 0. The van der Waals surface area contributed by atoms with Crippen LogP contribution in [0.3, 0.4) is 0 Å². The van der Waals surface area contributed by atoms with E-state index in [-0.39, 0.29) is 12.5 Å². The molecular formula is C31H32N2O5. The highest BCUT2D eigenvalue weighted by Gasteiger charge is 2.31. The van der Waals surface area contributed by atoms with E-state index in [1.54, 1.807) is 18.2 Å². The summed E-state index contributed by atoms with van der Waals surface area (Å²) >= 11 is 0. The van der Waals surface area contributed by atoms with Crippen molar-refractivity contribution in [3.8, 4) is 29.1 Å². The van der Waals surface area contributed by atoms with Crippen molar-refractivity contribution in [2.24, 2.45) is 5.73 Å². The fourth-order valence-electron chi connectivity index (χ4n) is 4.46. The summed E-state index contributed by atoms with van der Waals surface area (Å²) in [5, 5.41) is 9.82. The van der Waals surface area contributed by atoms with Gasteiger partial charge >= 0.3 is 5.97 Å². The van der Waals surface area contributed by atoms with Crippen molar-refractivity contribution >= 4 is 5.97 Å². The predicted octanol–water partition coefficient (Wildman–Crippen LogP) is 6.08. The Morgan fingerprint density at radius 2 is 1.66 bits per heavy atom. The average Bonchev–Trinajstić information content (AvgIpc) is 2.89. The molecular weight excluding hydrogens is 480 g/mol. The van der Waals surface area contributed by atoms with Crippen LogP contribution in [0.15, 0.2) is 72.1 Å². The van der Waals surface area contributed by atoms with Crippen LogP contribution in [0, 0.1) is 25.2 Å². The van der Waals surface area contributed by atoms with Crippen molar-refractivity contribution in [1.82, 2.24) is 0 Å². The van der Waals surface area contributed by atoms with E-state index in [1.807, 2.05) is 56.3 Å². The fraction of sp³-hybridized carbons (Fsp3) is 0.290. The molecule has 1 aliphatic rings. The number of benzene rings is 3. The maximum Gasteiger partial charge on any atom is 0.349 e. The second-order valence-electron chi connectivity index (χ2n) is 9.34. The first-order chi connectivity index (χ1) is 18.4. The monoisotopic (exact) mass is 512 g/mol. The summed E-state index contributed by atoms with van der Waals surface area (Å²) in [5.74, 6) is 1.15. The lowest BCUT2D eigenvalue weighted by molar-refractivity contribution is -0.136. The second-order valence-corrected chi connectivity index (χ2v) is 9.34. The zero-order chi connectivity index (χ0) is 27.1. The van der Waals surface area contributed by atoms with Gasteiger partial charge in [0.2, 0.25) is 5.88 Å². The number of carbonyl (C=O) groups is 1. The smallest absolute Gasteiger partial charge is 0.349 e. The molecule has 0 amide bonds. The maximum absolute atomic E-state index is 12.4. The summed E-state index contributed by atoms with van der Waals surface area (Å²) in [6.45, 7) is 6.51. The first-order valence-corrected chi connectivity index (χ1v) is 12.7. The van der Waals surface area contributed by atoms with E-state index in [1.165, 1.54) is 0 Å². The summed E-state index contributed by atoms with van der Waals surface area (Å²) in [6.07, 6.45) is 3.27. The molecule has 38 heavy (non-hydrogen) atoms. The van der Waals surface area contributed by atoms with Gasteiger partial charge in [0.25, 0.3) is 0 Å². The van der Waals surface area contributed by atoms with Crippen LogP contribution in [0.4, 0.5) is 0 Å². The van der Waals surface area contributed by atoms with Gasteiger partial charge in [-0.05, 0) is 67.3 Å². The number of nitrogens with two attached hydrogens (primary N) is 1. The highest BCUT2D eigenvalue weighted by Crippen LogP contribution is 2.43. The van der Waals surface area contributed by atoms with Crippen LogP contribution in [-0.2, 0) is 4.79 Å². The molecule has 7 nitrogen and oxygen atoms in total. The van der Waals surface area contributed by atoms with Gasteiger partial charge in [-0.25, -0.2) is 4.79 Å². The number of ether oxygens (including phenoxy) is 4. The van der Waals surface area contributed by atoms with Crippen LogP contribution >= 0.6 is 0 Å². The molecule has 0 spiro atoms. The molecule has 0 fully saturated rings. The van der Waals surface area contributed by atoms with Crippen LogP contribution < -0.4 is 24.7 Å². The first kappa shape index (κ1) is 26.6. The van der Waals surface area contributed by atoms with E-state index in [2.05, 4.69) is 13.0 Å². The van der Waals surface area contributed by atoms with Gasteiger partial charge in [-0.1, -0.05) is 44.0 Å². The minimum atomic E-state index is -0.549. The molecule has 0 bridgehead atoms. The number of esters is 1. The van der Waals surface area contributed by atoms with E-state index in [0.717, 1.165) is 47.3 Å². The Kier molecular flexibility index (Phi) is 8.55. The summed E-state index contributed by atoms with van der Waals surface area (Å²) in [6, 6.07) is 20.6. The van der Waals surface area contributed by atoms with Crippen molar-refractivity contribution in [3.05, 3.63) is 94.4 Å². The van der Waals surface area contributed by atoms with Crippen molar-refractivity contribution < 1.29 is 23.7 Å². The molecule has 2 N–H and O–H groups in total. The Balaban J connectivity index is 1.48. The minimum Gasteiger partial charge on any atom is -0.494 e. The SMILES string of the molecule is CCCCCOc1ccc(C2C(C#N)=C(N)Oc3cc(OC(=O)COc4cc(C)cc(C)c4)ccc32)cc1. The molecule has 0 aromatic heterocycles. The molecule has 196 valence electrons. The van der Waals surface area contributed by atoms with Crippen LogP contribution in [0.5, 0.6) is 23.0 Å². The Morgan fingerprint density at radius 1 is 0.947 bits per heavy atom. The molecule has 0 radical (unpaired) electrons. The highest BCUT2D eigenvalue weighted by atomic mass is 16.6. The Bertz CT molecular complexity index is 1350. The number of aryl methyl sites for hydroxylation is 2. The summed E-state index contributed by atoms with van der Waals surface area (Å²) in [5.41, 5.74) is 10.2. The minimum absolute atomic E-state index is 0.0199. The van der Waals surface area contributed by atoms with Crippen LogP contribution in [-0.4, -0.2) is 19.2 Å². The lowest BCUT2D eigenvalue weighted by Crippen LogP contribution is -2.21. The Hall–Kier alpha value is -4.44. The van der Waals surface area contributed by atoms with Gasteiger partial charge in [-0.2, -0.15) is 5.26 Å². The van der Waals surface area contributed by atoms with Crippen LogP contribution in [0.2, 0.25) is 0 Å². The van der Waals surface area contributed by atoms with E-state index in [9.17, 15) is 10.1 Å². The standard InChI is InChI=1S/C31H32N2O5/c1-4-5-6-13-35-23-9-7-22(8-10-23)30-26-12-11-24(17-28(26)38-31(33)27(30)18-32)37-29(34)19-36-25-15-20(2)14-21(3)16-25/h7-12,14-17,30H,4-6,13,19,33H2,1-3H3. The zero-order valence-corrected chi connectivity index (χ0v) is 22.0. The topological polar surface area (TPSA) is 104 Å². The molecule has 7 heteroatoms. The molecule has 0 saturated heterocycles. The molecule has 3 aromatic rings. The number of carbonyl (C=O) groups excluding carboxylic acids is 1. The summed E-state index contributed by atoms with van der Waals surface area (Å²) in [4.78, 5) is 12.4. The van der Waals surface area contributed by atoms with Gasteiger partial charge in [0.15, 0.2) is 6.61 Å². The largest absolute Gasteiger partial charge is 0.494 e. The van der Waals surface area contributed by atoms with Gasteiger partial charge in [0.1, 0.15) is 34.6 Å². The molecule has 1 unspecified atom stereocenters. The van der Waals surface area contributed by atoms with E-state index >= 15 is 0 Å². The predicted molar refractivity (Wildman–Crippen MR) is 144 cm³/mol. The van der Waals surface area contributed by atoms with E-state index in [4.69, 9.17) is 24.7 Å². The number of rotatable bonds is 10. The highest BCUT2D eigenvalue weighted by molar-refractivity contribution is 5.74. The van der Waals surface area contributed by atoms with Crippen molar-refractivity contribution in [3.63, 3.8) is 0 Å². The van der Waals surface area contributed by atoms with E-state index < -0.39 is 11.9 Å². The third-order valence-corrected chi connectivity index (χ3v) is 6.20. The van der Waals surface area contributed by atoms with Crippen molar-refractivity contribution in [1.29, 1.82) is 5.26 Å². The average molecular weight is 513 g/mol. The molecule has 3 aromatic carbocycles. The van der Waals surface area contributed by atoms with Crippen LogP contribution in [0.1, 0.15) is 54.4 Å². The third-order valence-electron chi connectivity index (χ3n) is 6.20. The van der Waals surface area contributed by atoms with Gasteiger partial charge in [0, 0.05) is 11.6 Å². The maximum atomic E-state index is 12.4. The van der Waals surface area contributed by atoms with Gasteiger partial charge < -0.3 is 24.7 Å². The third kappa shape index (κ3) is 6.46. The molecule has 0 aliphatic carbocycles. The number of hydrogen-bond donors (Lipinski definition) is 1. The molecule has 1 aliphatic heterocycles. The van der Waals surface area contributed by atoms with Gasteiger partial charge in [-0.3, -0.25) is 0 Å². The first-order valence-electron chi connectivity index (χ1n) is 12.7. The van der Waals surface area contributed by atoms with Crippen molar-refractivity contribution in [2.45, 2.75) is 46.0 Å². The summed E-state index contributed by atoms with van der Waals surface area (Å²) < 4.78 is 22.7. The molecule has 1 heterocycles. The molecule has 4 rings (SSSR count). The Labute approximate surface area is 223 Å². The van der Waals surface area contributed by atoms with Crippen molar-refractivity contribution in [2.75, 3.05) is 13.2 Å². The number of unbranched alkanes of at least 4 members (excludes halogenated alkanes) is 2. The van der Waals surface area contributed by atoms with E-state index in [0.29, 0.717) is 29.4 Å². The van der Waals surface area contributed by atoms with Gasteiger partial charge in [0.05, 0.1) is 12.5 Å². The zero-order valence-electron chi connectivity index (χ0n) is 22.0. The lowest BCUT2D eigenvalue weighted by atomic mass is 9.83. The van der Waals surface area contributed by atoms with Crippen LogP contribution in [0.25, 0.3) is 0 Å². The molecule has 0 saturated carbocycles. The number of nitriles is 1. The second kappa shape index (κ2) is 12.2. The number of hydrogen-bond acceptors (Lipinski definition) is 7. The Morgan fingerprint density at radius 3 is 2.34 bits per heavy atom. The normalized spacial score (nSPS) is 14.2. The van der Waals surface area contributed by atoms with Gasteiger partial charge in [-0.15, -0.1) is 0 Å². The number of fused-ring (bicyclic) bond motifs is 1. The number of allylic oxidation sites excluding steroid dienone is 1. The quantitative estimate of drug-likeness (QED) is 0.200. The fourth-order valence-corrected chi connectivity index (χ4v) is 4.46. The molecule has 1 atom stereocenters. The lowest BCUT2D eigenvalue weighted by Gasteiger charge is -2.26.